The van der Waals surface area contributed by atoms with E-state index in [-0.39, 0.29) is 0 Å². The fourth-order valence-corrected chi connectivity index (χ4v) is 5.37. The molecule has 0 spiro atoms. The summed E-state index contributed by atoms with van der Waals surface area (Å²) in [5, 5.41) is 7.53. The van der Waals surface area contributed by atoms with E-state index < -0.39 is 17.8 Å². The number of halogens is 1. The van der Waals surface area contributed by atoms with Crippen molar-refractivity contribution in [3.8, 4) is 11.5 Å². The van der Waals surface area contributed by atoms with Crippen molar-refractivity contribution in [1.29, 1.82) is 0 Å². The second-order valence-electron chi connectivity index (χ2n) is 8.43. The third kappa shape index (κ3) is 6.15. The first-order valence-corrected chi connectivity index (χ1v) is 12.9. The lowest BCUT2D eigenvalue weighted by molar-refractivity contribution is -0.136. The Bertz CT molecular complexity index is 1400. The van der Waals surface area contributed by atoms with Crippen LogP contribution in [0.4, 0.5) is 5.00 Å². The smallest absolute Gasteiger partial charge is 0.341 e. The van der Waals surface area contributed by atoms with E-state index in [4.69, 9.17) is 25.8 Å². The summed E-state index contributed by atoms with van der Waals surface area (Å²) in [5.41, 5.74) is 5.50. The average Bonchev–Trinajstić information content (AvgIpc) is 3.51. The van der Waals surface area contributed by atoms with E-state index in [2.05, 4.69) is 15.8 Å². The summed E-state index contributed by atoms with van der Waals surface area (Å²) in [5.74, 6) is -1.43. The van der Waals surface area contributed by atoms with Gasteiger partial charge in [-0.05, 0) is 67.6 Å². The monoisotopic (exact) mass is 555 g/mol. The number of hydrazone groups is 1. The first-order valence-electron chi connectivity index (χ1n) is 11.7. The van der Waals surface area contributed by atoms with Crippen LogP contribution in [0.3, 0.4) is 0 Å². The number of hydrogen-bond acceptors (Lipinski definition) is 8. The van der Waals surface area contributed by atoms with Gasteiger partial charge in [0.25, 0.3) is 0 Å². The van der Waals surface area contributed by atoms with Crippen molar-refractivity contribution in [2.45, 2.75) is 32.8 Å². The Morgan fingerprint density at radius 3 is 2.50 bits per heavy atom. The minimum atomic E-state index is -0.969. The van der Waals surface area contributed by atoms with Gasteiger partial charge in [-0.25, -0.2) is 10.2 Å². The summed E-state index contributed by atoms with van der Waals surface area (Å²) in [7, 11) is 2.81. The SMILES string of the molecule is COC(=O)c1c(NC(=O)C(=O)N/N=C(\C)c2ccc(OCc3ccc(Cl)cc3)c(OC)c2)sc2c1CCC2. The summed E-state index contributed by atoms with van der Waals surface area (Å²) in [4.78, 5) is 38.2. The van der Waals surface area contributed by atoms with Crippen molar-refractivity contribution in [2.75, 3.05) is 19.5 Å². The molecule has 1 heterocycles. The van der Waals surface area contributed by atoms with Gasteiger partial charge in [-0.15, -0.1) is 11.3 Å². The molecule has 0 atom stereocenters. The number of esters is 1. The minimum Gasteiger partial charge on any atom is -0.493 e. The Labute approximate surface area is 228 Å². The van der Waals surface area contributed by atoms with Gasteiger partial charge in [0.1, 0.15) is 11.6 Å². The van der Waals surface area contributed by atoms with E-state index in [1.165, 1.54) is 25.6 Å². The molecule has 1 aromatic heterocycles. The van der Waals surface area contributed by atoms with Gasteiger partial charge in [-0.1, -0.05) is 23.7 Å². The molecule has 0 bridgehead atoms. The number of benzene rings is 2. The van der Waals surface area contributed by atoms with Crippen LogP contribution in [0.5, 0.6) is 11.5 Å². The number of carbonyl (C=O) groups is 3. The Kier molecular flexibility index (Phi) is 8.65. The highest BCUT2D eigenvalue weighted by Gasteiger charge is 2.29. The maximum atomic E-state index is 12.5. The molecule has 9 nitrogen and oxygen atoms in total. The van der Waals surface area contributed by atoms with Gasteiger partial charge in [-0.2, -0.15) is 5.10 Å². The van der Waals surface area contributed by atoms with E-state index in [0.717, 1.165) is 35.3 Å². The number of carbonyl (C=O) groups excluding carboxylic acids is 3. The number of aryl methyl sites for hydroxylation is 1. The van der Waals surface area contributed by atoms with Gasteiger partial charge in [0.15, 0.2) is 11.5 Å². The minimum absolute atomic E-state index is 0.307. The average molecular weight is 556 g/mol. The number of nitrogens with zero attached hydrogens (tertiary/aromatic N) is 1. The third-order valence-corrected chi connectivity index (χ3v) is 7.42. The molecule has 0 aliphatic heterocycles. The Morgan fingerprint density at radius 1 is 1.03 bits per heavy atom. The van der Waals surface area contributed by atoms with Crippen LogP contribution in [0, 0.1) is 0 Å². The molecule has 11 heteroatoms. The molecular formula is C27H26ClN3O6S. The van der Waals surface area contributed by atoms with Gasteiger partial charge in [0, 0.05) is 15.5 Å². The van der Waals surface area contributed by atoms with Crippen molar-refractivity contribution < 1.29 is 28.6 Å². The van der Waals surface area contributed by atoms with E-state index in [0.29, 0.717) is 45.0 Å². The topological polar surface area (TPSA) is 115 Å². The largest absolute Gasteiger partial charge is 0.493 e. The standard InChI is InChI=1S/C27H26ClN3O6S/c1-15(17-9-12-20(21(13-17)35-2)37-14-16-7-10-18(28)11-8-16)30-31-25(33)24(32)29-26-23(27(34)36-3)19-5-4-6-22(19)38-26/h7-13H,4-6,14H2,1-3H3,(H,29,32)(H,31,33)/b30-15+. The highest BCUT2D eigenvalue weighted by Crippen LogP contribution is 2.39. The van der Waals surface area contributed by atoms with Crippen molar-refractivity contribution in [1.82, 2.24) is 5.43 Å². The van der Waals surface area contributed by atoms with Gasteiger partial charge in [0.2, 0.25) is 0 Å². The predicted molar refractivity (Wildman–Crippen MR) is 145 cm³/mol. The maximum Gasteiger partial charge on any atom is 0.341 e. The molecule has 1 aliphatic rings. The normalized spacial score (nSPS) is 12.5. The molecule has 198 valence electrons. The van der Waals surface area contributed by atoms with Crippen molar-refractivity contribution in [2.24, 2.45) is 5.10 Å². The van der Waals surface area contributed by atoms with E-state index >= 15 is 0 Å². The van der Waals surface area contributed by atoms with Crippen LogP contribution in [-0.4, -0.2) is 37.7 Å². The van der Waals surface area contributed by atoms with Crippen LogP contribution in [-0.2, 0) is 33.8 Å². The fraction of sp³-hybridized carbons (Fsp3) is 0.259. The zero-order chi connectivity index (χ0) is 27.2. The van der Waals surface area contributed by atoms with E-state index in [9.17, 15) is 14.4 Å². The number of thiophene rings is 1. The maximum absolute atomic E-state index is 12.5. The molecule has 4 rings (SSSR count). The van der Waals surface area contributed by atoms with Crippen LogP contribution in [0.2, 0.25) is 5.02 Å². The molecule has 38 heavy (non-hydrogen) atoms. The van der Waals surface area contributed by atoms with Gasteiger partial charge in [-0.3, -0.25) is 9.59 Å². The van der Waals surface area contributed by atoms with Gasteiger partial charge < -0.3 is 19.5 Å². The Hall–Kier alpha value is -3.89. The number of ether oxygens (including phenoxy) is 3. The molecule has 0 radical (unpaired) electrons. The highest BCUT2D eigenvalue weighted by atomic mass is 35.5. The molecule has 0 saturated carbocycles. The lowest BCUT2D eigenvalue weighted by atomic mass is 10.1. The number of rotatable bonds is 8. The Balaban J connectivity index is 1.40. The van der Waals surface area contributed by atoms with Gasteiger partial charge in [0.05, 0.1) is 25.5 Å². The number of hydrogen-bond donors (Lipinski definition) is 2. The van der Waals surface area contributed by atoms with Crippen LogP contribution in [0.15, 0.2) is 47.6 Å². The molecule has 0 fully saturated rings. The van der Waals surface area contributed by atoms with E-state index in [1.54, 1.807) is 37.3 Å². The predicted octanol–water partition coefficient (Wildman–Crippen LogP) is 4.74. The fourth-order valence-electron chi connectivity index (χ4n) is 3.97. The molecule has 2 N–H and O–H groups in total. The summed E-state index contributed by atoms with van der Waals surface area (Å²) < 4.78 is 16.2. The van der Waals surface area contributed by atoms with Crippen molar-refractivity contribution >= 4 is 51.4 Å². The van der Waals surface area contributed by atoms with Crippen LogP contribution in [0.1, 0.15) is 45.3 Å². The van der Waals surface area contributed by atoms with E-state index in [1.807, 2.05) is 12.1 Å². The summed E-state index contributed by atoms with van der Waals surface area (Å²) in [6.45, 7) is 2.01. The first kappa shape index (κ1) is 27.2. The number of methoxy groups -OCH3 is 2. The molecule has 0 unspecified atom stereocenters. The highest BCUT2D eigenvalue weighted by molar-refractivity contribution is 7.17. The zero-order valence-electron chi connectivity index (χ0n) is 21.1. The summed E-state index contributed by atoms with van der Waals surface area (Å²) in [6.07, 6.45) is 2.49. The number of anilines is 1. The number of nitrogens with one attached hydrogen (secondary N) is 2. The Morgan fingerprint density at radius 2 is 1.79 bits per heavy atom. The second-order valence-corrected chi connectivity index (χ2v) is 9.97. The summed E-state index contributed by atoms with van der Waals surface area (Å²) in [6, 6.07) is 12.6. The number of fused-ring (bicyclic) bond motifs is 1. The summed E-state index contributed by atoms with van der Waals surface area (Å²) >= 11 is 7.21. The van der Waals surface area contributed by atoms with Gasteiger partial charge >= 0.3 is 17.8 Å². The first-order chi connectivity index (χ1) is 18.3. The molecule has 3 aromatic rings. The molecule has 0 saturated heterocycles. The van der Waals surface area contributed by atoms with Crippen molar-refractivity contribution in [3.05, 3.63) is 74.6 Å². The van der Waals surface area contributed by atoms with Crippen LogP contribution >= 0.6 is 22.9 Å². The molecular weight excluding hydrogens is 530 g/mol. The third-order valence-electron chi connectivity index (χ3n) is 5.96. The van der Waals surface area contributed by atoms with Crippen LogP contribution < -0.4 is 20.2 Å². The van der Waals surface area contributed by atoms with Crippen LogP contribution in [0.25, 0.3) is 0 Å². The quantitative estimate of drug-likeness (QED) is 0.179. The lowest BCUT2D eigenvalue weighted by Crippen LogP contribution is -2.33. The second kappa shape index (κ2) is 12.1. The lowest BCUT2D eigenvalue weighted by Gasteiger charge is -2.12. The van der Waals surface area contributed by atoms with Crippen molar-refractivity contribution in [3.63, 3.8) is 0 Å². The molecule has 1 aliphatic carbocycles. The molecule has 2 amide bonds. The molecule has 2 aromatic carbocycles. The number of amides is 2. The zero-order valence-corrected chi connectivity index (χ0v) is 22.6.